The molecule has 1 aliphatic heterocycles. The second-order valence-electron chi connectivity index (χ2n) is 5.46. The maximum absolute atomic E-state index is 6.17. The van der Waals surface area contributed by atoms with E-state index in [0.717, 1.165) is 25.3 Å². The molecule has 1 aliphatic rings. The number of fused-ring (bicyclic) bond motifs is 1. The number of benzene rings is 2. The van der Waals surface area contributed by atoms with Gasteiger partial charge >= 0.3 is 0 Å². The van der Waals surface area contributed by atoms with Crippen LogP contribution in [0.15, 0.2) is 47.4 Å². The van der Waals surface area contributed by atoms with Crippen molar-refractivity contribution in [1.82, 2.24) is 5.32 Å². The van der Waals surface area contributed by atoms with Crippen LogP contribution in [0.25, 0.3) is 0 Å². The molecule has 1 atom stereocenters. The van der Waals surface area contributed by atoms with E-state index in [1.165, 1.54) is 21.6 Å². The van der Waals surface area contributed by atoms with Gasteiger partial charge in [-0.1, -0.05) is 36.4 Å². The van der Waals surface area contributed by atoms with Gasteiger partial charge in [-0.2, -0.15) is 0 Å². The van der Waals surface area contributed by atoms with E-state index in [9.17, 15) is 0 Å². The Morgan fingerprint density at radius 3 is 2.86 bits per heavy atom. The molecular formula is C18H21NOS. The van der Waals surface area contributed by atoms with Crippen molar-refractivity contribution in [3.8, 4) is 5.75 Å². The van der Waals surface area contributed by atoms with Crippen LogP contribution < -0.4 is 10.1 Å². The molecule has 0 saturated heterocycles. The van der Waals surface area contributed by atoms with E-state index in [1.807, 2.05) is 18.8 Å². The van der Waals surface area contributed by atoms with Crippen LogP contribution in [0.2, 0.25) is 0 Å². The Balaban J connectivity index is 1.67. The number of aryl methyl sites for hydroxylation is 1. The molecule has 0 aliphatic carbocycles. The van der Waals surface area contributed by atoms with Gasteiger partial charge in [-0.05, 0) is 37.6 Å². The second kappa shape index (κ2) is 6.54. The fourth-order valence-electron chi connectivity index (χ4n) is 2.77. The van der Waals surface area contributed by atoms with Crippen LogP contribution >= 0.6 is 11.8 Å². The molecule has 1 unspecified atom stereocenters. The number of rotatable bonds is 5. The maximum atomic E-state index is 6.17. The monoisotopic (exact) mass is 299 g/mol. The van der Waals surface area contributed by atoms with E-state index in [2.05, 4.69) is 54.7 Å². The van der Waals surface area contributed by atoms with E-state index in [1.54, 1.807) is 0 Å². The smallest absolute Gasteiger partial charge is 0.126 e. The first-order valence-electron chi connectivity index (χ1n) is 7.38. The molecule has 0 spiro atoms. The molecular weight excluding hydrogens is 278 g/mol. The van der Waals surface area contributed by atoms with Gasteiger partial charge in [-0.3, -0.25) is 0 Å². The maximum Gasteiger partial charge on any atom is 0.126 e. The summed E-state index contributed by atoms with van der Waals surface area (Å²) in [5.41, 5.74) is 3.90. The topological polar surface area (TPSA) is 21.3 Å². The molecule has 0 amide bonds. The van der Waals surface area contributed by atoms with Gasteiger partial charge in [-0.25, -0.2) is 0 Å². The molecule has 2 aromatic carbocycles. The Labute approximate surface area is 130 Å². The molecule has 0 radical (unpaired) electrons. The third kappa shape index (κ3) is 3.25. The average molecular weight is 299 g/mol. The summed E-state index contributed by atoms with van der Waals surface area (Å²) in [4.78, 5) is 1.41. The zero-order valence-corrected chi connectivity index (χ0v) is 13.4. The van der Waals surface area contributed by atoms with E-state index >= 15 is 0 Å². The van der Waals surface area contributed by atoms with Gasteiger partial charge in [0.25, 0.3) is 0 Å². The van der Waals surface area contributed by atoms with Crippen molar-refractivity contribution in [3.63, 3.8) is 0 Å². The van der Waals surface area contributed by atoms with Crippen LogP contribution in [0.5, 0.6) is 5.75 Å². The normalized spacial score (nSPS) is 16.8. The molecule has 2 nitrogen and oxygen atoms in total. The lowest BCUT2D eigenvalue weighted by Gasteiger charge is -2.16. The highest BCUT2D eigenvalue weighted by molar-refractivity contribution is 8.00. The molecule has 110 valence electrons. The third-order valence-electron chi connectivity index (χ3n) is 3.79. The average Bonchev–Trinajstić information content (AvgIpc) is 2.90. The zero-order chi connectivity index (χ0) is 14.7. The highest BCUT2D eigenvalue weighted by Gasteiger charge is 2.22. The number of hydrogen-bond acceptors (Lipinski definition) is 3. The van der Waals surface area contributed by atoms with E-state index in [-0.39, 0.29) is 0 Å². The van der Waals surface area contributed by atoms with Crippen molar-refractivity contribution in [2.24, 2.45) is 0 Å². The Morgan fingerprint density at radius 2 is 2.05 bits per heavy atom. The molecule has 0 saturated carbocycles. The fraction of sp³-hybridized carbons (Fsp3) is 0.333. The first-order valence-corrected chi connectivity index (χ1v) is 8.26. The van der Waals surface area contributed by atoms with Gasteiger partial charge in [0, 0.05) is 22.3 Å². The molecule has 0 bridgehead atoms. The SMILES string of the molecule is CNCc1cccc(C)c1OCC1Cc2ccccc2S1. The van der Waals surface area contributed by atoms with Gasteiger partial charge in [0.1, 0.15) is 12.4 Å². The molecule has 1 N–H and O–H groups in total. The summed E-state index contributed by atoms with van der Waals surface area (Å²) in [7, 11) is 1.97. The van der Waals surface area contributed by atoms with E-state index in [4.69, 9.17) is 4.74 Å². The van der Waals surface area contributed by atoms with Gasteiger partial charge in [0.05, 0.1) is 0 Å². The summed E-state index contributed by atoms with van der Waals surface area (Å²) in [5.74, 6) is 1.04. The predicted octanol–water partition coefficient (Wildman–Crippen LogP) is 3.81. The van der Waals surface area contributed by atoms with Crippen LogP contribution in [0.4, 0.5) is 0 Å². The Kier molecular flexibility index (Phi) is 4.51. The number of nitrogens with one attached hydrogen (secondary N) is 1. The fourth-order valence-corrected chi connectivity index (χ4v) is 3.99. The van der Waals surface area contributed by atoms with Crippen LogP contribution in [-0.4, -0.2) is 18.9 Å². The predicted molar refractivity (Wildman–Crippen MR) is 89.2 cm³/mol. The quantitative estimate of drug-likeness (QED) is 0.907. The number of hydrogen-bond donors (Lipinski definition) is 1. The minimum Gasteiger partial charge on any atom is -0.492 e. The van der Waals surface area contributed by atoms with Crippen molar-refractivity contribution in [2.75, 3.05) is 13.7 Å². The van der Waals surface area contributed by atoms with Crippen molar-refractivity contribution in [2.45, 2.75) is 30.0 Å². The first kappa shape index (κ1) is 14.5. The van der Waals surface area contributed by atoms with Gasteiger partial charge in [0.2, 0.25) is 0 Å². The van der Waals surface area contributed by atoms with Gasteiger partial charge < -0.3 is 10.1 Å². The van der Waals surface area contributed by atoms with Crippen LogP contribution in [0.1, 0.15) is 16.7 Å². The Hall–Kier alpha value is -1.45. The first-order chi connectivity index (χ1) is 10.3. The lowest BCUT2D eigenvalue weighted by Crippen LogP contribution is -2.16. The minimum atomic E-state index is 0.518. The highest BCUT2D eigenvalue weighted by Crippen LogP contribution is 2.37. The molecule has 21 heavy (non-hydrogen) atoms. The molecule has 0 fully saturated rings. The standard InChI is InChI=1S/C18H21NOS/c1-13-6-5-8-15(11-19-2)18(13)20-12-16-10-14-7-3-4-9-17(14)21-16/h3-9,16,19H,10-12H2,1-2H3. The summed E-state index contributed by atoms with van der Waals surface area (Å²) in [6.07, 6.45) is 1.11. The second-order valence-corrected chi connectivity index (χ2v) is 6.80. The summed E-state index contributed by atoms with van der Waals surface area (Å²) >= 11 is 1.94. The molecule has 3 heteroatoms. The van der Waals surface area contributed by atoms with Crippen LogP contribution in [0, 0.1) is 6.92 Å². The lowest BCUT2D eigenvalue weighted by atomic mass is 10.1. The van der Waals surface area contributed by atoms with Crippen molar-refractivity contribution >= 4 is 11.8 Å². The Morgan fingerprint density at radius 1 is 1.19 bits per heavy atom. The van der Waals surface area contributed by atoms with Crippen LogP contribution in [-0.2, 0) is 13.0 Å². The third-order valence-corrected chi connectivity index (χ3v) is 5.08. The lowest BCUT2D eigenvalue weighted by molar-refractivity contribution is 0.311. The molecule has 0 aromatic heterocycles. The van der Waals surface area contributed by atoms with Gasteiger partial charge in [0.15, 0.2) is 0 Å². The number of thioether (sulfide) groups is 1. The summed E-state index contributed by atoms with van der Waals surface area (Å²) in [5, 5.41) is 3.73. The molecule has 1 heterocycles. The Bertz CT molecular complexity index is 601. The zero-order valence-electron chi connectivity index (χ0n) is 12.6. The van der Waals surface area contributed by atoms with E-state index in [0.29, 0.717) is 5.25 Å². The summed E-state index contributed by atoms with van der Waals surface area (Å²) < 4.78 is 6.17. The van der Waals surface area contributed by atoms with E-state index < -0.39 is 0 Å². The number of ether oxygens (including phenoxy) is 1. The van der Waals surface area contributed by atoms with Gasteiger partial charge in [-0.15, -0.1) is 11.8 Å². The minimum absolute atomic E-state index is 0.518. The van der Waals surface area contributed by atoms with Crippen molar-refractivity contribution < 1.29 is 4.74 Å². The van der Waals surface area contributed by atoms with Crippen molar-refractivity contribution in [1.29, 1.82) is 0 Å². The van der Waals surface area contributed by atoms with Crippen LogP contribution in [0.3, 0.4) is 0 Å². The summed E-state index contributed by atoms with van der Waals surface area (Å²) in [6, 6.07) is 15.0. The molecule has 2 aromatic rings. The summed E-state index contributed by atoms with van der Waals surface area (Å²) in [6.45, 7) is 3.72. The van der Waals surface area contributed by atoms with Crippen molar-refractivity contribution in [3.05, 3.63) is 59.2 Å². The molecule has 3 rings (SSSR count). The number of para-hydroxylation sites is 1. The largest absolute Gasteiger partial charge is 0.492 e. The highest BCUT2D eigenvalue weighted by atomic mass is 32.2.